The molecule has 0 amide bonds. The molecular formula is C7H15NO2. The average Bonchev–Trinajstić information content (AvgIpc) is 1.87. The van der Waals surface area contributed by atoms with Crippen molar-refractivity contribution in [1.29, 1.82) is 0 Å². The summed E-state index contributed by atoms with van der Waals surface area (Å²) in [6.45, 7) is 3.32. The smallest absolute Gasteiger partial charge is 0.131 e. The minimum Gasteiger partial charge on any atom is -0.394 e. The van der Waals surface area contributed by atoms with Crippen LogP contribution in [0, 0.1) is 0 Å². The Hall–Kier alpha value is -0.410. The minimum absolute atomic E-state index is 0.0108. The summed E-state index contributed by atoms with van der Waals surface area (Å²) in [6.07, 6.45) is 0.375. The third-order valence-electron chi connectivity index (χ3n) is 1.59. The number of carbonyl (C=O) groups excluding carboxylic acids is 1. The van der Waals surface area contributed by atoms with E-state index in [2.05, 4.69) is 5.32 Å². The van der Waals surface area contributed by atoms with Crippen molar-refractivity contribution in [2.45, 2.75) is 25.8 Å². The van der Waals surface area contributed by atoms with Crippen molar-refractivity contribution in [2.24, 2.45) is 0 Å². The van der Waals surface area contributed by atoms with Gasteiger partial charge in [-0.25, -0.2) is 0 Å². The van der Waals surface area contributed by atoms with E-state index in [1.807, 2.05) is 6.92 Å². The summed E-state index contributed by atoms with van der Waals surface area (Å²) in [5.74, 6) is 0.0888. The first-order chi connectivity index (χ1) is 4.54. The number of likely N-dealkylation sites (N-methyl/N-ethyl adjacent to an activating group) is 1. The summed E-state index contributed by atoms with van der Waals surface area (Å²) in [4.78, 5) is 10.6. The Labute approximate surface area is 61.4 Å². The molecule has 0 aromatic heterocycles. The Morgan fingerprint density at radius 3 is 2.30 bits per heavy atom. The second-order valence-electron chi connectivity index (χ2n) is 2.85. The Morgan fingerprint density at radius 1 is 1.70 bits per heavy atom. The molecule has 3 heteroatoms. The quantitative estimate of drug-likeness (QED) is 0.582. The van der Waals surface area contributed by atoms with Crippen LogP contribution in [0.2, 0.25) is 0 Å². The SMILES string of the molecule is CNC(C)(CO)CC(C)=O. The maximum atomic E-state index is 10.6. The Morgan fingerprint density at radius 2 is 2.20 bits per heavy atom. The van der Waals surface area contributed by atoms with Crippen LogP contribution in [0.15, 0.2) is 0 Å². The number of Topliss-reactive ketones (excluding diaryl/α,β-unsaturated/α-hetero) is 1. The van der Waals surface area contributed by atoms with E-state index in [9.17, 15) is 4.79 Å². The van der Waals surface area contributed by atoms with Crippen LogP contribution in [-0.2, 0) is 4.79 Å². The molecule has 2 N–H and O–H groups in total. The molecule has 0 saturated heterocycles. The highest BCUT2D eigenvalue weighted by molar-refractivity contribution is 5.76. The first-order valence-electron chi connectivity index (χ1n) is 3.33. The maximum absolute atomic E-state index is 10.6. The van der Waals surface area contributed by atoms with Gasteiger partial charge >= 0.3 is 0 Å². The molecule has 0 aliphatic rings. The highest BCUT2D eigenvalue weighted by Gasteiger charge is 2.22. The molecule has 0 bridgehead atoms. The van der Waals surface area contributed by atoms with Gasteiger partial charge < -0.3 is 10.4 Å². The van der Waals surface area contributed by atoms with Crippen LogP contribution >= 0.6 is 0 Å². The lowest BCUT2D eigenvalue weighted by atomic mass is 9.97. The molecule has 0 aliphatic heterocycles. The lowest BCUT2D eigenvalue weighted by molar-refractivity contribution is -0.118. The van der Waals surface area contributed by atoms with Crippen LogP contribution in [0.1, 0.15) is 20.3 Å². The summed E-state index contributed by atoms with van der Waals surface area (Å²) < 4.78 is 0. The summed E-state index contributed by atoms with van der Waals surface area (Å²) in [5, 5.41) is 11.7. The number of hydrogen-bond donors (Lipinski definition) is 2. The molecule has 0 aliphatic carbocycles. The van der Waals surface area contributed by atoms with Crippen molar-refractivity contribution in [1.82, 2.24) is 5.32 Å². The third-order valence-corrected chi connectivity index (χ3v) is 1.59. The van der Waals surface area contributed by atoms with Crippen molar-refractivity contribution in [2.75, 3.05) is 13.7 Å². The molecule has 60 valence electrons. The van der Waals surface area contributed by atoms with E-state index in [1.165, 1.54) is 6.92 Å². The fourth-order valence-corrected chi connectivity index (χ4v) is 0.773. The van der Waals surface area contributed by atoms with E-state index < -0.39 is 5.54 Å². The van der Waals surface area contributed by atoms with Gasteiger partial charge in [-0.2, -0.15) is 0 Å². The number of carbonyl (C=O) groups is 1. The molecule has 0 aromatic carbocycles. The third kappa shape index (κ3) is 2.94. The number of nitrogens with one attached hydrogen (secondary N) is 1. The fourth-order valence-electron chi connectivity index (χ4n) is 0.773. The largest absolute Gasteiger partial charge is 0.394 e. The number of ketones is 1. The van der Waals surface area contributed by atoms with Gasteiger partial charge in [0.25, 0.3) is 0 Å². The summed E-state index contributed by atoms with van der Waals surface area (Å²) in [5.41, 5.74) is -0.439. The maximum Gasteiger partial charge on any atom is 0.131 e. The van der Waals surface area contributed by atoms with E-state index in [-0.39, 0.29) is 12.4 Å². The molecule has 0 rings (SSSR count). The molecule has 1 atom stereocenters. The van der Waals surface area contributed by atoms with Crippen LogP contribution in [0.5, 0.6) is 0 Å². The van der Waals surface area contributed by atoms with Crippen molar-refractivity contribution in [3.8, 4) is 0 Å². The number of rotatable bonds is 4. The molecule has 0 saturated carbocycles. The molecule has 0 heterocycles. The first-order valence-corrected chi connectivity index (χ1v) is 3.33. The lowest BCUT2D eigenvalue weighted by Gasteiger charge is -2.24. The van der Waals surface area contributed by atoms with Crippen molar-refractivity contribution < 1.29 is 9.90 Å². The zero-order valence-corrected chi connectivity index (χ0v) is 6.77. The van der Waals surface area contributed by atoms with E-state index in [4.69, 9.17) is 5.11 Å². The van der Waals surface area contributed by atoms with Crippen LogP contribution < -0.4 is 5.32 Å². The molecule has 0 radical (unpaired) electrons. The predicted molar refractivity (Wildman–Crippen MR) is 39.8 cm³/mol. The standard InChI is InChI=1S/C7H15NO2/c1-6(10)4-7(2,5-9)8-3/h8-9H,4-5H2,1-3H3. The highest BCUT2D eigenvalue weighted by atomic mass is 16.3. The Bertz CT molecular complexity index is 119. The molecule has 3 nitrogen and oxygen atoms in total. The number of hydrogen-bond acceptors (Lipinski definition) is 3. The van der Waals surface area contributed by atoms with E-state index in [0.29, 0.717) is 6.42 Å². The van der Waals surface area contributed by atoms with Crippen LogP contribution in [0.3, 0.4) is 0 Å². The van der Waals surface area contributed by atoms with Gasteiger partial charge in [-0.05, 0) is 20.9 Å². The van der Waals surface area contributed by atoms with Crippen LogP contribution in [-0.4, -0.2) is 30.1 Å². The molecule has 1 unspecified atom stereocenters. The van der Waals surface area contributed by atoms with Gasteiger partial charge in [0.1, 0.15) is 5.78 Å². The average molecular weight is 145 g/mol. The fraction of sp³-hybridized carbons (Fsp3) is 0.857. The number of aliphatic hydroxyl groups is 1. The van der Waals surface area contributed by atoms with Gasteiger partial charge in [0, 0.05) is 12.0 Å². The summed E-state index contributed by atoms with van der Waals surface area (Å²) in [6, 6.07) is 0. The van der Waals surface area contributed by atoms with Gasteiger partial charge in [-0.3, -0.25) is 4.79 Å². The summed E-state index contributed by atoms with van der Waals surface area (Å²) >= 11 is 0. The second kappa shape index (κ2) is 3.68. The molecule has 0 spiro atoms. The normalized spacial score (nSPS) is 16.4. The van der Waals surface area contributed by atoms with Crippen molar-refractivity contribution in [3.05, 3.63) is 0 Å². The highest BCUT2D eigenvalue weighted by Crippen LogP contribution is 2.07. The molecular weight excluding hydrogens is 130 g/mol. The van der Waals surface area contributed by atoms with Gasteiger partial charge in [0.2, 0.25) is 0 Å². The van der Waals surface area contributed by atoms with Crippen LogP contribution in [0.25, 0.3) is 0 Å². The number of aliphatic hydroxyl groups excluding tert-OH is 1. The molecule has 0 aromatic rings. The van der Waals surface area contributed by atoms with Gasteiger partial charge in [-0.15, -0.1) is 0 Å². The minimum atomic E-state index is -0.439. The zero-order chi connectivity index (χ0) is 8.20. The van der Waals surface area contributed by atoms with Crippen LogP contribution in [0.4, 0.5) is 0 Å². The van der Waals surface area contributed by atoms with E-state index in [0.717, 1.165) is 0 Å². The van der Waals surface area contributed by atoms with Gasteiger partial charge in [0.05, 0.1) is 6.61 Å². The Balaban J connectivity index is 3.92. The van der Waals surface area contributed by atoms with Gasteiger partial charge in [0.15, 0.2) is 0 Å². The lowest BCUT2D eigenvalue weighted by Crippen LogP contribution is -2.44. The first kappa shape index (κ1) is 9.59. The predicted octanol–water partition coefficient (Wildman–Crippen LogP) is -0.0641. The van der Waals surface area contributed by atoms with Gasteiger partial charge in [-0.1, -0.05) is 0 Å². The second-order valence-corrected chi connectivity index (χ2v) is 2.85. The van der Waals surface area contributed by atoms with E-state index in [1.54, 1.807) is 7.05 Å². The van der Waals surface area contributed by atoms with E-state index >= 15 is 0 Å². The van der Waals surface area contributed by atoms with Crippen molar-refractivity contribution in [3.63, 3.8) is 0 Å². The monoisotopic (exact) mass is 145 g/mol. The zero-order valence-electron chi connectivity index (χ0n) is 6.77. The molecule has 0 fully saturated rings. The molecule has 10 heavy (non-hydrogen) atoms. The summed E-state index contributed by atoms with van der Waals surface area (Å²) in [7, 11) is 1.74. The topological polar surface area (TPSA) is 49.3 Å². The Kier molecular flexibility index (Phi) is 3.53. The van der Waals surface area contributed by atoms with Crippen molar-refractivity contribution >= 4 is 5.78 Å².